The second-order valence-electron chi connectivity index (χ2n) is 6.04. The molecule has 0 spiro atoms. The highest BCUT2D eigenvalue weighted by Gasteiger charge is 2.07. The van der Waals surface area contributed by atoms with Crippen molar-refractivity contribution < 1.29 is 4.79 Å². The maximum atomic E-state index is 12.1. The van der Waals surface area contributed by atoms with E-state index in [1.54, 1.807) is 12.4 Å². The van der Waals surface area contributed by atoms with Crippen molar-refractivity contribution in [1.29, 1.82) is 0 Å². The molecule has 2 N–H and O–H groups in total. The van der Waals surface area contributed by atoms with Crippen LogP contribution in [0.15, 0.2) is 36.7 Å². The fourth-order valence-electron chi connectivity index (χ4n) is 2.12. The van der Waals surface area contributed by atoms with Crippen molar-refractivity contribution >= 4 is 23.5 Å². The number of carbonyl (C=O) groups excluding carboxylic acids is 1. The van der Waals surface area contributed by atoms with E-state index in [2.05, 4.69) is 34.4 Å². The second-order valence-corrected chi connectivity index (χ2v) is 6.48. The summed E-state index contributed by atoms with van der Waals surface area (Å²) >= 11 is 5.94. The molecular formula is C18H23ClN4O. The highest BCUT2D eigenvalue weighted by molar-refractivity contribution is 6.30. The lowest BCUT2D eigenvalue weighted by atomic mass is 10.1. The summed E-state index contributed by atoms with van der Waals surface area (Å²) in [7, 11) is 0. The summed E-state index contributed by atoms with van der Waals surface area (Å²) in [5, 5.41) is 6.71. The molecule has 1 aromatic heterocycles. The molecule has 0 atom stereocenters. The van der Waals surface area contributed by atoms with Gasteiger partial charge in [0.15, 0.2) is 0 Å². The number of carbonyl (C=O) groups is 1. The SMILES string of the molecule is CC(C)CCNc1ncc(C(=O)NCCc2cccc(Cl)c2)cn1. The molecule has 128 valence electrons. The molecule has 1 heterocycles. The third-order valence-corrected chi connectivity index (χ3v) is 3.74. The highest BCUT2D eigenvalue weighted by atomic mass is 35.5. The van der Waals surface area contributed by atoms with Crippen LogP contribution in [0.2, 0.25) is 5.02 Å². The third-order valence-electron chi connectivity index (χ3n) is 3.51. The van der Waals surface area contributed by atoms with Gasteiger partial charge >= 0.3 is 0 Å². The summed E-state index contributed by atoms with van der Waals surface area (Å²) in [5.74, 6) is 0.999. The minimum atomic E-state index is -0.175. The van der Waals surface area contributed by atoms with E-state index >= 15 is 0 Å². The molecule has 0 aliphatic carbocycles. The van der Waals surface area contributed by atoms with Gasteiger partial charge in [-0.1, -0.05) is 37.6 Å². The molecule has 0 saturated heterocycles. The Morgan fingerprint density at radius 3 is 2.62 bits per heavy atom. The number of hydrogen-bond acceptors (Lipinski definition) is 4. The van der Waals surface area contributed by atoms with Crippen molar-refractivity contribution in [3.8, 4) is 0 Å². The van der Waals surface area contributed by atoms with E-state index in [1.165, 1.54) is 0 Å². The van der Waals surface area contributed by atoms with E-state index < -0.39 is 0 Å². The van der Waals surface area contributed by atoms with Crippen LogP contribution in [0.5, 0.6) is 0 Å². The van der Waals surface area contributed by atoms with Crippen LogP contribution < -0.4 is 10.6 Å². The van der Waals surface area contributed by atoms with E-state index in [0.717, 1.165) is 24.9 Å². The quantitative estimate of drug-likeness (QED) is 0.767. The van der Waals surface area contributed by atoms with Gasteiger partial charge in [0.25, 0.3) is 5.91 Å². The van der Waals surface area contributed by atoms with Crippen molar-refractivity contribution in [2.75, 3.05) is 18.4 Å². The van der Waals surface area contributed by atoms with Gasteiger partial charge in [-0.15, -0.1) is 0 Å². The zero-order valence-electron chi connectivity index (χ0n) is 14.1. The topological polar surface area (TPSA) is 66.9 Å². The van der Waals surface area contributed by atoms with Crippen molar-refractivity contribution in [1.82, 2.24) is 15.3 Å². The van der Waals surface area contributed by atoms with Gasteiger partial charge in [-0.3, -0.25) is 4.79 Å². The summed E-state index contributed by atoms with van der Waals surface area (Å²) in [6, 6.07) is 7.61. The Bertz CT molecular complexity index is 658. The van der Waals surface area contributed by atoms with Gasteiger partial charge in [-0.25, -0.2) is 9.97 Å². The monoisotopic (exact) mass is 346 g/mol. The predicted octanol–water partition coefficient (Wildman–Crippen LogP) is 3.56. The Balaban J connectivity index is 1.77. The lowest BCUT2D eigenvalue weighted by Gasteiger charge is -2.08. The van der Waals surface area contributed by atoms with Crippen LogP contribution in [0.25, 0.3) is 0 Å². The van der Waals surface area contributed by atoms with E-state index in [0.29, 0.717) is 29.0 Å². The molecule has 2 aromatic rings. The molecule has 24 heavy (non-hydrogen) atoms. The minimum Gasteiger partial charge on any atom is -0.354 e. The summed E-state index contributed by atoms with van der Waals surface area (Å²) in [6.45, 7) is 5.69. The minimum absolute atomic E-state index is 0.175. The number of aromatic nitrogens is 2. The second kappa shape index (κ2) is 9.23. The first-order valence-electron chi connectivity index (χ1n) is 8.13. The van der Waals surface area contributed by atoms with E-state index in [-0.39, 0.29) is 5.91 Å². The smallest absolute Gasteiger partial charge is 0.254 e. The summed E-state index contributed by atoms with van der Waals surface area (Å²) in [6.07, 6.45) is 4.86. The van der Waals surface area contributed by atoms with E-state index in [4.69, 9.17) is 11.6 Å². The van der Waals surface area contributed by atoms with Crippen LogP contribution in [0.4, 0.5) is 5.95 Å². The molecule has 1 amide bonds. The fraction of sp³-hybridized carbons (Fsp3) is 0.389. The van der Waals surface area contributed by atoms with Crippen LogP contribution in [-0.4, -0.2) is 29.0 Å². The number of nitrogens with one attached hydrogen (secondary N) is 2. The van der Waals surface area contributed by atoms with Gasteiger partial charge in [-0.05, 0) is 36.5 Å². The zero-order valence-corrected chi connectivity index (χ0v) is 14.8. The Kier molecular flexibility index (Phi) is 7.00. The molecule has 1 aromatic carbocycles. The summed E-state index contributed by atoms with van der Waals surface area (Å²) in [5.41, 5.74) is 1.54. The first kappa shape index (κ1) is 18.2. The van der Waals surface area contributed by atoms with E-state index in [1.807, 2.05) is 24.3 Å². The lowest BCUT2D eigenvalue weighted by Crippen LogP contribution is -2.26. The number of benzene rings is 1. The molecule has 0 fully saturated rings. The van der Waals surface area contributed by atoms with Crippen molar-refractivity contribution in [2.45, 2.75) is 26.7 Å². The largest absolute Gasteiger partial charge is 0.354 e. The van der Waals surface area contributed by atoms with Crippen LogP contribution in [0.1, 0.15) is 36.2 Å². The highest BCUT2D eigenvalue weighted by Crippen LogP contribution is 2.10. The number of halogens is 1. The maximum Gasteiger partial charge on any atom is 0.254 e. The Morgan fingerprint density at radius 2 is 1.96 bits per heavy atom. The molecule has 0 saturated carbocycles. The zero-order chi connectivity index (χ0) is 17.4. The molecule has 0 aliphatic heterocycles. The van der Waals surface area contributed by atoms with E-state index in [9.17, 15) is 4.79 Å². The van der Waals surface area contributed by atoms with Crippen LogP contribution in [0, 0.1) is 5.92 Å². The van der Waals surface area contributed by atoms with Gasteiger partial charge in [0.05, 0.1) is 5.56 Å². The normalized spacial score (nSPS) is 10.7. The average Bonchev–Trinajstić information content (AvgIpc) is 2.55. The summed E-state index contributed by atoms with van der Waals surface area (Å²) in [4.78, 5) is 20.4. The molecule has 2 rings (SSSR count). The maximum absolute atomic E-state index is 12.1. The van der Waals surface area contributed by atoms with Crippen molar-refractivity contribution in [3.63, 3.8) is 0 Å². The molecule has 6 heteroatoms. The van der Waals surface area contributed by atoms with Gasteiger partial charge in [0, 0.05) is 30.5 Å². The molecule has 0 aliphatic rings. The standard InChI is InChI=1S/C18H23ClN4O/c1-13(2)6-8-21-18-22-11-15(12-23-18)17(24)20-9-7-14-4-3-5-16(19)10-14/h3-5,10-13H,6-9H2,1-2H3,(H,20,24)(H,21,22,23). The van der Waals surface area contributed by atoms with Crippen molar-refractivity contribution in [3.05, 3.63) is 52.8 Å². The predicted molar refractivity (Wildman–Crippen MR) is 97.5 cm³/mol. The number of amides is 1. The van der Waals surface area contributed by atoms with Gasteiger partial charge < -0.3 is 10.6 Å². The van der Waals surface area contributed by atoms with Crippen LogP contribution in [-0.2, 0) is 6.42 Å². The number of anilines is 1. The van der Waals surface area contributed by atoms with Crippen molar-refractivity contribution in [2.24, 2.45) is 5.92 Å². The van der Waals surface area contributed by atoms with Crippen LogP contribution >= 0.6 is 11.6 Å². The average molecular weight is 347 g/mol. The number of rotatable bonds is 8. The first-order valence-corrected chi connectivity index (χ1v) is 8.51. The molecular weight excluding hydrogens is 324 g/mol. The number of hydrogen-bond donors (Lipinski definition) is 2. The molecule has 0 unspecified atom stereocenters. The Labute approximate surface area is 147 Å². The number of nitrogens with zero attached hydrogens (tertiary/aromatic N) is 2. The molecule has 0 bridgehead atoms. The molecule has 0 radical (unpaired) electrons. The summed E-state index contributed by atoms with van der Waals surface area (Å²) < 4.78 is 0. The van der Waals surface area contributed by atoms with Gasteiger partial charge in [-0.2, -0.15) is 0 Å². The van der Waals surface area contributed by atoms with Gasteiger partial charge in [0.1, 0.15) is 0 Å². The van der Waals surface area contributed by atoms with Gasteiger partial charge in [0.2, 0.25) is 5.95 Å². The lowest BCUT2D eigenvalue weighted by molar-refractivity contribution is 0.0953. The van der Waals surface area contributed by atoms with Crippen LogP contribution in [0.3, 0.4) is 0 Å². The first-order chi connectivity index (χ1) is 11.5. The third kappa shape index (κ3) is 6.16. The molecule has 5 nitrogen and oxygen atoms in total. The Morgan fingerprint density at radius 1 is 1.21 bits per heavy atom. The fourth-order valence-corrected chi connectivity index (χ4v) is 2.34. The Hall–Kier alpha value is -2.14.